The van der Waals surface area contributed by atoms with Gasteiger partial charge in [0, 0.05) is 60.5 Å². The molecule has 19 heavy (non-hydrogen) atoms. The van der Waals surface area contributed by atoms with Crippen molar-refractivity contribution in [2.75, 3.05) is 26.2 Å². The first-order valence-electron chi connectivity index (χ1n) is 7.37. The lowest BCUT2D eigenvalue weighted by atomic mass is 10.2. The van der Waals surface area contributed by atoms with Crippen LogP contribution in [-0.4, -0.2) is 39.8 Å². The van der Waals surface area contributed by atoms with Crippen molar-refractivity contribution in [2.45, 2.75) is 38.5 Å². The van der Waals surface area contributed by atoms with E-state index < -0.39 is 0 Å². The number of nitrogens with one attached hydrogen (secondary N) is 1. The number of hydrogen-bond acceptors (Lipinski definition) is 4. The van der Waals surface area contributed by atoms with Crippen LogP contribution in [0.3, 0.4) is 0 Å². The Hall–Kier alpha value is -0.100. The molecule has 108 valence electrons. The van der Waals surface area contributed by atoms with Gasteiger partial charge in [0.1, 0.15) is 0 Å². The molecule has 0 aromatic carbocycles. The summed E-state index contributed by atoms with van der Waals surface area (Å²) < 4.78 is 5.06. The monoisotopic (exact) mass is 299 g/mol. The second-order valence-corrected chi connectivity index (χ2v) is 7.24. The molecule has 0 bridgehead atoms. The molecule has 0 amide bonds. The van der Waals surface area contributed by atoms with E-state index in [0.29, 0.717) is 0 Å². The summed E-state index contributed by atoms with van der Waals surface area (Å²) in [6, 6.07) is 3.89. The fraction of sp³-hybridized carbons (Fsp3) is 0.714. The van der Waals surface area contributed by atoms with Gasteiger partial charge in [0.15, 0.2) is 0 Å². The topological polar surface area (TPSA) is 22.3 Å². The predicted octanol–water partition coefficient (Wildman–Crippen LogP) is 4.18. The highest BCUT2D eigenvalue weighted by Gasteiger charge is 2.15. The maximum absolute atomic E-state index is 2.86. The second kappa shape index (κ2) is 9.75. The van der Waals surface area contributed by atoms with Crippen molar-refractivity contribution < 1.29 is 0 Å². The summed E-state index contributed by atoms with van der Waals surface area (Å²) in [6.45, 7) is 5.19. The number of nitrogens with zero attached hydrogens (tertiary/aromatic N) is 2. The first-order chi connectivity index (χ1) is 9.45. The first kappa shape index (κ1) is 15.3. The molecule has 2 saturated heterocycles. The zero-order valence-electron chi connectivity index (χ0n) is 11.6. The van der Waals surface area contributed by atoms with Crippen molar-refractivity contribution in [1.82, 2.24) is 13.6 Å². The molecule has 1 aromatic rings. The number of piperidine rings is 2. The molecular weight excluding hydrogens is 274 g/mol. The molecule has 2 fully saturated rings. The Bertz CT molecular complexity index is 258. The van der Waals surface area contributed by atoms with Gasteiger partial charge in [-0.05, 0) is 37.8 Å². The van der Waals surface area contributed by atoms with Gasteiger partial charge in [-0.2, -0.15) is 0 Å². The van der Waals surface area contributed by atoms with Gasteiger partial charge in [-0.1, -0.05) is 12.8 Å². The number of H-pyrrole nitrogens is 1. The lowest BCUT2D eigenvalue weighted by Gasteiger charge is -2.29. The molecule has 2 aliphatic heterocycles. The van der Waals surface area contributed by atoms with E-state index in [9.17, 15) is 0 Å². The molecule has 1 aromatic heterocycles. The molecule has 0 saturated carbocycles. The number of rotatable bonds is 3. The molecule has 3 rings (SSSR count). The van der Waals surface area contributed by atoms with Crippen LogP contribution in [-0.2, 0) is 0 Å². The average Bonchev–Trinajstić information content (AvgIpc) is 3.07. The fourth-order valence-corrected chi connectivity index (χ4v) is 4.71. The van der Waals surface area contributed by atoms with Gasteiger partial charge in [0.25, 0.3) is 0 Å². The third-order valence-corrected chi connectivity index (χ3v) is 6.05. The van der Waals surface area contributed by atoms with E-state index in [1.165, 1.54) is 64.7 Å². The van der Waals surface area contributed by atoms with Crippen LogP contribution in [0.4, 0.5) is 0 Å². The van der Waals surface area contributed by atoms with E-state index in [1.807, 2.05) is 46.5 Å². The Balaban J connectivity index is 0.000000224. The normalized spacial score (nSPS) is 21.7. The summed E-state index contributed by atoms with van der Waals surface area (Å²) >= 11 is 0. The van der Waals surface area contributed by atoms with Crippen LogP contribution in [0.2, 0.25) is 0 Å². The summed E-state index contributed by atoms with van der Waals surface area (Å²) in [5.41, 5.74) is 0. The van der Waals surface area contributed by atoms with Crippen molar-refractivity contribution in [1.29, 1.82) is 0 Å². The fourth-order valence-electron chi connectivity index (χ4n) is 2.25. The van der Waals surface area contributed by atoms with Gasteiger partial charge in [-0.15, -0.1) is 0 Å². The van der Waals surface area contributed by atoms with Crippen LogP contribution in [0, 0.1) is 0 Å². The van der Waals surface area contributed by atoms with E-state index in [1.54, 1.807) is 0 Å². The maximum Gasteiger partial charge on any atom is 0.00976 e. The molecule has 0 unspecified atom stereocenters. The van der Waals surface area contributed by atoms with E-state index in [0.717, 1.165) is 0 Å². The van der Waals surface area contributed by atoms with Crippen LogP contribution < -0.4 is 0 Å². The molecule has 1 N–H and O–H groups in total. The summed E-state index contributed by atoms with van der Waals surface area (Å²) in [7, 11) is 3.96. The van der Waals surface area contributed by atoms with Gasteiger partial charge in [-0.25, -0.2) is 8.61 Å². The van der Waals surface area contributed by atoms with Gasteiger partial charge in [0.05, 0.1) is 0 Å². The largest absolute Gasteiger partial charge is 0.368 e. The zero-order valence-corrected chi connectivity index (χ0v) is 13.2. The minimum absolute atomic E-state index is 1.30. The highest BCUT2D eigenvalue weighted by molar-refractivity contribution is 8.74. The van der Waals surface area contributed by atoms with Crippen LogP contribution in [0.1, 0.15) is 38.5 Å². The minimum atomic E-state index is 1.30. The Morgan fingerprint density at radius 3 is 1.37 bits per heavy atom. The quantitative estimate of drug-likeness (QED) is 0.667. The Kier molecular flexibility index (Phi) is 7.85. The highest BCUT2D eigenvalue weighted by Crippen LogP contribution is 2.33. The van der Waals surface area contributed by atoms with Crippen LogP contribution in [0.15, 0.2) is 24.5 Å². The van der Waals surface area contributed by atoms with Gasteiger partial charge in [0.2, 0.25) is 0 Å². The van der Waals surface area contributed by atoms with Crippen LogP contribution in [0.25, 0.3) is 0 Å². The molecule has 0 atom stereocenters. The lowest BCUT2D eigenvalue weighted by molar-refractivity contribution is 0.377. The average molecular weight is 300 g/mol. The first-order valence-corrected chi connectivity index (χ1v) is 9.44. The number of aromatic amines is 1. The molecule has 2 aliphatic rings. The summed E-state index contributed by atoms with van der Waals surface area (Å²) in [5, 5.41) is 0. The molecule has 3 nitrogen and oxygen atoms in total. The third kappa shape index (κ3) is 6.75. The van der Waals surface area contributed by atoms with Gasteiger partial charge < -0.3 is 4.98 Å². The predicted molar refractivity (Wildman–Crippen MR) is 86.8 cm³/mol. The summed E-state index contributed by atoms with van der Waals surface area (Å²) in [6.07, 6.45) is 12.2. The van der Waals surface area contributed by atoms with Crippen molar-refractivity contribution in [3.8, 4) is 0 Å². The molecule has 0 aliphatic carbocycles. The smallest absolute Gasteiger partial charge is 0.00976 e. The maximum atomic E-state index is 2.86. The summed E-state index contributed by atoms with van der Waals surface area (Å²) in [4.78, 5) is 2.86. The standard InChI is InChI=1S/C10H20N2S2.C4H5N/c1-3-7-11(8-4-1)13-14-12-9-5-2-6-10-12;1-2-4-5-3-1/h1-10H2;1-5H. The van der Waals surface area contributed by atoms with E-state index in [4.69, 9.17) is 0 Å². The van der Waals surface area contributed by atoms with Crippen molar-refractivity contribution in [3.05, 3.63) is 24.5 Å². The zero-order chi connectivity index (χ0) is 13.2. The Morgan fingerprint density at radius 1 is 0.632 bits per heavy atom. The minimum Gasteiger partial charge on any atom is -0.368 e. The SMILES string of the molecule is C1CCN(SSN2CCCCC2)CC1.c1cc[nH]c1. The van der Waals surface area contributed by atoms with Gasteiger partial charge in [-0.3, -0.25) is 0 Å². The molecule has 5 heteroatoms. The number of aromatic nitrogens is 1. The Morgan fingerprint density at radius 2 is 1.05 bits per heavy atom. The molecule has 3 heterocycles. The molecular formula is C14H25N3S2. The van der Waals surface area contributed by atoms with E-state index >= 15 is 0 Å². The Labute approximate surface area is 125 Å². The highest BCUT2D eigenvalue weighted by atomic mass is 33.1. The van der Waals surface area contributed by atoms with Crippen molar-refractivity contribution in [3.63, 3.8) is 0 Å². The van der Waals surface area contributed by atoms with E-state index in [2.05, 4.69) is 13.6 Å². The van der Waals surface area contributed by atoms with E-state index in [-0.39, 0.29) is 0 Å². The van der Waals surface area contributed by atoms with Crippen LogP contribution >= 0.6 is 22.0 Å². The van der Waals surface area contributed by atoms with Gasteiger partial charge >= 0.3 is 0 Å². The van der Waals surface area contributed by atoms with Crippen LogP contribution in [0.5, 0.6) is 0 Å². The lowest BCUT2D eigenvalue weighted by Crippen LogP contribution is -2.26. The third-order valence-electron chi connectivity index (χ3n) is 3.37. The molecule has 0 radical (unpaired) electrons. The molecule has 0 spiro atoms. The second-order valence-electron chi connectivity index (χ2n) is 5.01. The summed E-state index contributed by atoms with van der Waals surface area (Å²) in [5.74, 6) is 0. The van der Waals surface area contributed by atoms with Crippen molar-refractivity contribution in [2.24, 2.45) is 0 Å². The number of hydrogen-bond donors (Lipinski definition) is 1. The van der Waals surface area contributed by atoms with Crippen molar-refractivity contribution >= 4 is 22.0 Å².